The molecule has 1 aliphatic rings. The average molecular weight is 286 g/mol. The highest BCUT2D eigenvalue weighted by atomic mass is 16.5. The van der Waals surface area contributed by atoms with Gasteiger partial charge in [0.05, 0.1) is 5.41 Å². The van der Waals surface area contributed by atoms with Crippen LogP contribution in [0.5, 0.6) is 0 Å². The van der Waals surface area contributed by atoms with Crippen LogP contribution in [-0.2, 0) is 22.0 Å². The fourth-order valence-corrected chi connectivity index (χ4v) is 2.39. The molecule has 1 aromatic carbocycles. The second kappa shape index (κ2) is 4.69. The minimum atomic E-state index is -1.07. The smallest absolute Gasteiger partial charge is 0.314 e. The number of nitrogens with zero attached hydrogens (tertiary/aromatic N) is 2. The second-order valence-corrected chi connectivity index (χ2v) is 6.25. The van der Waals surface area contributed by atoms with Crippen LogP contribution >= 0.6 is 0 Å². The lowest BCUT2D eigenvalue weighted by molar-refractivity contribution is -0.143. The first-order valence-corrected chi connectivity index (χ1v) is 7.06. The van der Waals surface area contributed by atoms with Crippen LogP contribution in [0.2, 0.25) is 0 Å². The van der Waals surface area contributed by atoms with Crippen molar-refractivity contribution in [3.8, 4) is 0 Å². The molecule has 5 nitrogen and oxygen atoms in total. The zero-order valence-corrected chi connectivity index (χ0v) is 12.2. The Balaban J connectivity index is 1.89. The monoisotopic (exact) mass is 286 g/mol. The predicted molar refractivity (Wildman–Crippen MR) is 76.0 cm³/mol. The lowest BCUT2D eigenvalue weighted by atomic mass is 9.79. The molecule has 2 aromatic rings. The Morgan fingerprint density at radius 2 is 2.05 bits per heavy atom. The molecule has 1 aliphatic carbocycles. The maximum atomic E-state index is 11.8. The molecule has 1 saturated carbocycles. The third kappa shape index (κ3) is 2.44. The van der Waals surface area contributed by atoms with Crippen molar-refractivity contribution in [1.82, 2.24) is 10.1 Å². The number of aliphatic carboxylic acids is 1. The first-order chi connectivity index (χ1) is 9.94. The molecule has 0 saturated heterocycles. The zero-order valence-electron chi connectivity index (χ0n) is 12.2. The van der Waals surface area contributed by atoms with Gasteiger partial charge in [0.2, 0.25) is 5.89 Å². The van der Waals surface area contributed by atoms with Gasteiger partial charge < -0.3 is 9.63 Å². The summed E-state index contributed by atoms with van der Waals surface area (Å²) in [5.74, 6) is 0.177. The molecule has 0 bridgehead atoms. The number of rotatable bonds is 5. The lowest BCUT2D eigenvalue weighted by Crippen LogP contribution is -2.35. The quantitative estimate of drug-likeness (QED) is 0.914. The van der Waals surface area contributed by atoms with Crippen molar-refractivity contribution in [3.05, 3.63) is 47.6 Å². The van der Waals surface area contributed by atoms with Crippen LogP contribution in [0.25, 0.3) is 0 Å². The van der Waals surface area contributed by atoms with E-state index in [4.69, 9.17) is 4.52 Å². The van der Waals surface area contributed by atoms with E-state index in [1.807, 2.05) is 30.3 Å². The third-order valence-electron chi connectivity index (χ3n) is 4.40. The minimum absolute atomic E-state index is 0.0219. The van der Waals surface area contributed by atoms with Gasteiger partial charge in [-0.25, -0.2) is 0 Å². The van der Waals surface area contributed by atoms with E-state index in [0.717, 1.165) is 18.4 Å². The molecule has 1 heterocycles. The molecule has 110 valence electrons. The number of hydrogen-bond acceptors (Lipinski definition) is 4. The van der Waals surface area contributed by atoms with Crippen LogP contribution in [0, 0.1) is 0 Å². The Labute approximate surface area is 123 Å². The first-order valence-electron chi connectivity index (χ1n) is 7.06. The topological polar surface area (TPSA) is 76.2 Å². The SMILES string of the molecule is CC1(c2noc(CC(C)(C(=O)O)c3ccccc3)n2)CC1. The molecule has 3 rings (SSSR count). The summed E-state index contributed by atoms with van der Waals surface area (Å²) in [6.45, 7) is 3.78. The van der Waals surface area contributed by atoms with Crippen molar-refractivity contribution in [2.75, 3.05) is 0 Å². The number of hydrogen-bond donors (Lipinski definition) is 1. The maximum absolute atomic E-state index is 11.8. The van der Waals surface area contributed by atoms with Crippen molar-refractivity contribution in [1.29, 1.82) is 0 Å². The second-order valence-electron chi connectivity index (χ2n) is 6.25. The summed E-state index contributed by atoms with van der Waals surface area (Å²) < 4.78 is 5.27. The van der Waals surface area contributed by atoms with Crippen LogP contribution in [0.15, 0.2) is 34.9 Å². The zero-order chi connectivity index (χ0) is 15.1. The van der Waals surface area contributed by atoms with E-state index in [-0.39, 0.29) is 11.8 Å². The van der Waals surface area contributed by atoms with Gasteiger partial charge in [-0.15, -0.1) is 0 Å². The Morgan fingerprint density at radius 1 is 1.38 bits per heavy atom. The summed E-state index contributed by atoms with van der Waals surface area (Å²) in [7, 11) is 0. The van der Waals surface area contributed by atoms with Gasteiger partial charge in [-0.3, -0.25) is 4.79 Å². The van der Waals surface area contributed by atoms with E-state index in [1.165, 1.54) is 0 Å². The van der Waals surface area contributed by atoms with Gasteiger partial charge in [-0.1, -0.05) is 42.4 Å². The summed E-state index contributed by atoms with van der Waals surface area (Å²) in [5, 5.41) is 13.6. The summed E-state index contributed by atoms with van der Waals surface area (Å²) in [6, 6.07) is 9.16. The van der Waals surface area contributed by atoms with E-state index in [9.17, 15) is 9.90 Å². The highest BCUT2D eigenvalue weighted by molar-refractivity contribution is 5.81. The number of carboxylic acid groups (broad SMARTS) is 1. The number of carboxylic acids is 1. The molecular weight excluding hydrogens is 268 g/mol. The van der Waals surface area contributed by atoms with Gasteiger partial charge in [0.1, 0.15) is 0 Å². The van der Waals surface area contributed by atoms with Gasteiger partial charge in [0, 0.05) is 11.8 Å². The Bertz CT molecular complexity index is 661. The predicted octanol–water partition coefficient (Wildman–Crippen LogP) is 2.71. The van der Waals surface area contributed by atoms with Crippen molar-refractivity contribution in [2.24, 2.45) is 0 Å². The standard InChI is InChI=1S/C16H18N2O3/c1-15(8-9-15)13-17-12(21-18-13)10-16(2,14(19)20)11-6-4-3-5-7-11/h3-7H,8-10H2,1-2H3,(H,19,20). The molecule has 0 aliphatic heterocycles. The number of aromatic nitrogens is 2. The molecule has 1 atom stereocenters. The molecule has 1 N–H and O–H groups in total. The van der Waals surface area contributed by atoms with Crippen molar-refractivity contribution < 1.29 is 14.4 Å². The fraction of sp³-hybridized carbons (Fsp3) is 0.438. The molecule has 5 heteroatoms. The van der Waals surface area contributed by atoms with Crippen LogP contribution in [0.3, 0.4) is 0 Å². The van der Waals surface area contributed by atoms with E-state index < -0.39 is 11.4 Å². The molecule has 1 unspecified atom stereocenters. The normalized spacial score (nSPS) is 19.0. The van der Waals surface area contributed by atoms with E-state index in [2.05, 4.69) is 17.1 Å². The summed E-state index contributed by atoms with van der Waals surface area (Å²) in [4.78, 5) is 16.1. The summed E-state index contributed by atoms with van der Waals surface area (Å²) >= 11 is 0. The lowest BCUT2D eigenvalue weighted by Gasteiger charge is -2.23. The van der Waals surface area contributed by atoms with E-state index in [1.54, 1.807) is 6.92 Å². The molecule has 1 fully saturated rings. The Hall–Kier alpha value is -2.17. The highest BCUT2D eigenvalue weighted by Crippen LogP contribution is 2.46. The third-order valence-corrected chi connectivity index (χ3v) is 4.40. The molecule has 0 amide bonds. The van der Waals surface area contributed by atoms with Crippen LogP contribution in [0.1, 0.15) is 44.0 Å². The van der Waals surface area contributed by atoms with Gasteiger partial charge in [-0.2, -0.15) is 4.98 Å². The van der Waals surface area contributed by atoms with Gasteiger partial charge in [-0.05, 0) is 25.3 Å². The summed E-state index contributed by atoms with van der Waals surface area (Å²) in [6.07, 6.45) is 2.30. The molecule has 21 heavy (non-hydrogen) atoms. The van der Waals surface area contributed by atoms with Crippen LogP contribution in [0.4, 0.5) is 0 Å². The first kappa shape index (κ1) is 13.8. The van der Waals surface area contributed by atoms with Gasteiger partial charge in [0.15, 0.2) is 5.82 Å². The number of carbonyl (C=O) groups is 1. The van der Waals surface area contributed by atoms with Crippen molar-refractivity contribution >= 4 is 5.97 Å². The fourth-order valence-electron chi connectivity index (χ4n) is 2.39. The average Bonchev–Trinajstić information content (AvgIpc) is 3.05. The van der Waals surface area contributed by atoms with Gasteiger partial charge >= 0.3 is 5.97 Å². The van der Waals surface area contributed by atoms with E-state index >= 15 is 0 Å². The number of benzene rings is 1. The summed E-state index contributed by atoms with van der Waals surface area (Å²) in [5.41, 5.74) is -0.321. The highest BCUT2D eigenvalue weighted by Gasteiger charge is 2.44. The molecule has 0 radical (unpaired) electrons. The van der Waals surface area contributed by atoms with E-state index in [0.29, 0.717) is 11.7 Å². The van der Waals surface area contributed by atoms with Crippen LogP contribution < -0.4 is 0 Å². The van der Waals surface area contributed by atoms with Gasteiger partial charge in [0.25, 0.3) is 0 Å². The Kier molecular flexibility index (Phi) is 3.08. The van der Waals surface area contributed by atoms with Crippen molar-refractivity contribution in [2.45, 2.75) is 43.9 Å². The molecule has 1 aromatic heterocycles. The minimum Gasteiger partial charge on any atom is -0.481 e. The molecule has 0 spiro atoms. The molecular formula is C16H18N2O3. The maximum Gasteiger partial charge on any atom is 0.314 e. The van der Waals surface area contributed by atoms with Crippen LogP contribution in [-0.4, -0.2) is 21.2 Å². The Morgan fingerprint density at radius 3 is 2.62 bits per heavy atom. The largest absolute Gasteiger partial charge is 0.481 e. The van der Waals surface area contributed by atoms with Crippen molar-refractivity contribution in [3.63, 3.8) is 0 Å².